The minimum absolute atomic E-state index is 0. The summed E-state index contributed by atoms with van der Waals surface area (Å²) < 4.78 is 137. The van der Waals surface area contributed by atoms with Crippen molar-refractivity contribution in [2.45, 2.75) is 0 Å². The van der Waals surface area contributed by atoms with Gasteiger partial charge in [-0.2, -0.15) is 0 Å². The van der Waals surface area contributed by atoms with E-state index >= 15 is 0 Å². The number of hydrogen-bond donors (Lipinski definition) is 0. The molecule has 0 N–H and O–H groups in total. The molecular formula is Mn4O16W. The first-order chi connectivity index (χ1) is 8.00. The van der Waals surface area contributed by atoms with Crippen molar-refractivity contribution in [1.29, 1.82) is 0 Å². The summed E-state index contributed by atoms with van der Waals surface area (Å²) in [6.45, 7) is 0. The van der Waals surface area contributed by atoms with Crippen LogP contribution in [0.25, 0.3) is 0 Å². The summed E-state index contributed by atoms with van der Waals surface area (Å²) in [5, 5.41) is 0. The van der Waals surface area contributed by atoms with E-state index in [9.17, 15) is 0 Å². The Kier molecular flexibility index (Phi) is 20.0. The molecule has 130 valence electrons. The molecule has 0 saturated heterocycles. The van der Waals surface area contributed by atoms with E-state index in [1.807, 2.05) is 0 Å². The predicted octanol–water partition coefficient (Wildman–Crippen LogP) is -6.19. The molecule has 0 unspecified atom stereocenters. The van der Waals surface area contributed by atoms with Gasteiger partial charge in [-0.05, 0) is 0 Å². The van der Waals surface area contributed by atoms with Gasteiger partial charge in [0, 0.05) is 0 Å². The van der Waals surface area contributed by atoms with E-state index in [0.29, 0.717) is 0 Å². The van der Waals surface area contributed by atoms with Crippen molar-refractivity contribution in [3.05, 3.63) is 0 Å². The standard InChI is InChI=1S/4Mn.16O.W/q;;;;;;;;;;;;;;;;4*-1;+4. The van der Waals surface area contributed by atoms with E-state index in [1.54, 1.807) is 0 Å². The van der Waals surface area contributed by atoms with E-state index in [2.05, 4.69) is 0 Å². The summed E-state index contributed by atoms with van der Waals surface area (Å²) in [6, 6.07) is 0. The third-order valence-electron chi connectivity index (χ3n) is 0. The molecule has 0 aromatic heterocycles. The van der Waals surface area contributed by atoms with Gasteiger partial charge in [-0.3, -0.25) is 0 Å². The van der Waals surface area contributed by atoms with Gasteiger partial charge in [-0.25, -0.2) is 0 Å². The van der Waals surface area contributed by atoms with Crippen LogP contribution in [0.2, 0.25) is 0 Å². The van der Waals surface area contributed by atoms with Crippen molar-refractivity contribution in [1.82, 2.24) is 0 Å². The molecule has 0 radical (unpaired) electrons. The molecule has 0 aliphatic heterocycles. The molecule has 0 heterocycles. The molecule has 0 rings (SSSR count). The van der Waals surface area contributed by atoms with Crippen molar-refractivity contribution >= 4 is 0 Å². The topological polar surface area (TPSA) is 297 Å². The third-order valence-corrected chi connectivity index (χ3v) is 0. The molecule has 0 fully saturated rings. The smallest absolute Gasteiger partial charge is 4.00 e. The Labute approximate surface area is 135 Å². The molecule has 0 amide bonds. The molecule has 0 atom stereocenters. The van der Waals surface area contributed by atoms with Gasteiger partial charge < -0.3 is 0 Å². The summed E-state index contributed by atoms with van der Waals surface area (Å²) in [6.07, 6.45) is 0. The molecule has 0 aromatic rings. The maximum Gasteiger partial charge on any atom is 4.00 e. The van der Waals surface area contributed by atoms with Gasteiger partial charge in [-0.15, -0.1) is 0 Å². The van der Waals surface area contributed by atoms with Crippen LogP contribution in [0.3, 0.4) is 0 Å². The van der Waals surface area contributed by atoms with Crippen molar-refractivity contribution < 1.29 is 136 Å². The fraction of sp³-hybridized carbons (Fsp3) is 0. The van der Waals surface area contributed by atoms with Gasteiger partial charge in [0.25, 0.3) is 0 Å². The van der Waals surface area contributed by atoms with Gasteiger partial charge in [0.1, 0.15) is 0 Å². The number of hydrogen-bond acceptors (Lipinski definition) is 16. The maximum atomic E-state index is 8.58. The Balaban J connectivity index is -0.0000000533. The average Bonchev–Trinajstić information content (AvgIpc) is 1.62. The Morgan fingerprint density at radius 3 is 0.333 bits per heavy atom. The second kappa shape index (κ2) is 12.7. The fourth-order valence-corrected chi connectivity index (χ4v) is 0. The summed E-state index contributed by atoms with van der Waals surface area (Å²) in [4.78, 5) is 0. The van der Waals surface area contributed by atoms with Crippen molar-refractivity contribution in [3.63, 3.8) is 0 Å². The summed E-state index contributed by atoms with van der Waals surface area (Å²) in [5.41, 5.74) is 0. The SMILES string of the molecule is [O]=[Mn](=[O])(=[O])[O-].[O]=[Mn](=[O])(=[O])[O-].[O]=[Mn](=[O])(=[O])[O-].[O]=[Mn](=[O])(=[O])[O-].[W+4]. The van der Waals surface area contributed by atoms with Gasteiger partial charge in [-0.1, -0.05) is 0 Å². The Bertz CT molecular complexity index is 673. The number of rotatable bonds is 0. The maximum absolute atomic E-state index is 8.58. The third kappa shape index (κ3) is 157000. The molecule has 0 aromatic carbocycles. The first-order valence-corrected chi connectivity index (χ1v) is 10.2. The minimum atomic E-state index is -5.62. The second-order valence-corrected chi connectivity index (χ2v) is 6.23. The molecule has 0 bridgehead atoms. The molecule has 0 aliphatic carbocycles. The predicted molar refractivity (Wildman–Crippen MR) is 8.24 cm³/mol. The van der Waals surface area contributed by atoms with E-state index in [4.69, 9.17) is 62.8 Å². The molecule has 16 nitrogen and oxygen atoms in total. The van der Waals surface area contributed by atoms with Crippen LogP contribution in [0.15, 0.2) is 0 Å². The fourth-order valence-electron chi connectivity index (χ4n) is 0. The van der Waals surface area contributed by atoms with Crippen LogP contribution in [0.5, 0.6) is 0 Å². The van der Waals surface area contributed by atoms with Gasteiger partial charge >= 0.3 is 136 Å². The normalized spacial score (nSPS) is 10.9. The Hall–Kier alpha value is 0.206. The first kappa shape index (κ1) is 33.0. The summed E-state index contributed by atoms with van der Waals surface area (Å²) in [7, 11) is 0. The Morgan fingerprint density at radius 1 is 0.333 bits per heavy atom. The van der Waals surface area contributed by atoms with E-state index < -0.39 is 51.9 Å². The van der Waals surface area contributed by atoms with Crippen LogP contribution in [0, 0.1) is 0 Å². The quantitative estimate of drug-likeness (QED) is 0.218. The van der Waals surface area contributed by atoms with E-state index in [0.717, 1.165) is 0 Å². The Morgan fingerprint density at radius 2 is 0.333 bits per heavy atom. The molecular weight excluding hydrogens is 660 g/mol. The van der Waals surface area contributed by atoms with Crippen molar-refractivity contribution in [2.75, 3.05) is 0 Å². The largest absolute Gasteiger partial charge is 4.00 e. The molecule has 0 aliphatic rings. The summed E-state index contributed by atoms with van der Waals surface area (Å²) >= 11 is -22.5. The zero-order chi connectivity index (χ0) is 18.0. The molecule has 21 heavy (non-hydrogen) atoms. The van der Waals surface area contributed by atoms with Crippen LogP contribution >= 0.6 is 0 Å². The van der Waals surface area contributed by atoms with Crippen molar-refractivity contribution in [2.24, 2.45) is 0 Å². The second-order valence-electron chi connectivity index (χ2n) is 1.51. The van der Waals surface area contributed by atoms with Crippen LogP contribution in [0.4, 0.5) is 0 Å². The van der Waals surface area contributed by atoms with Gasteiger partial charge in [0.15, 0.2) is 0 Å². The first-order valence-electron chi connectivity index (χ1n) is 2.47. The van der Waals surface area contributed by atoms with Crippen LogP contribution in [-0.2, 0) is 119 Å². The van der Waals surface area contributed by atoms with Gasteiger partial charge in [0.05, 0.1) is 0 Å². The van der Waals surface area contributed by atoms with Crippen LogP contribution in [0.1, 0.15) is 0 Å². The zero-order valence-corrected chi connectivity index (χ0v) is 16.1. The average molecular weight is 660 g/mol. The summed E-state index contributed by atoms with van der Waals surface area (Å²) in [5.74, 6) is 0. The zero-order valence-electron chi connectivity index (χ0n) is 8.45. The van der Waals surface area contributed by atoms with E-state index in [-0.39, 0.29) is 21.1 Å². The van der Waals surface area contributed by atoms with Gasteiger partial charge in [0.2, 0.25) is 0 Å². The van der Waals surface area contributed by atoms with Crippen LogP contribution in [-0.4, -0.2) is 0 Å². The molecule has 21 heteroatoms. The van der Waals surface area contributed by atoms with E-state index in [1.165, 1.54) is 0 Å². The monoisotopic (exact) mass is 660 g/mol. The molecule has 0 spiro atoms. The minimum Gasteiger partial charge on any atom is 4.00 e. The van der Waals surface area contributed by atoms with Crippen molar-refractivity contribution in [3.8, 4) is 0 Å². The van der Waals surface area contributed by atoms with Crippen LogP contribution < -0.4 is 16.8 Å². The molecule has 0 saturated carbocycles.